The van der Waals surface area contributed by atoms with Crippen molar-refractivity contribution in [2.45, 2.75) is 50.7 Å². The third kappa shape index (κ3) is 5.93. The Kier molecular flexibility index (Phi) is 7.54. The lowest BCUT2D eigenvalue weighted by molar-refractivity contribution is -0.128. The molecule has 2 aromatic rings. The van der Waals surface area contributed by atoms with Gasteiger partial charge in [0.05, 0.1) is 0 Å². The standard InChI is InChI=1S/C26H34N2O2/c29-25(27-24-15-17-28(18-16-24)19-21-9-7-8-10-21)20-30-26(22-11-3-1-4-12-22)23-13-5-2-6-14-23/h1-6,11-14,21,24,26H,7-10,15-20H2,(H,27,29). The van der Waals surface area contributed by atoms with Gasteiger partial charge in [-0.25, -0.2) is 0 Å². The van der Waals surface area contributed by atoms with E-state index in [1.54, 1.807) is 0 Å². The van der Waals surface area contributed by atoms with Crippen LogP contribution >= 0.6 is 0 Å². The lowest BCUT2D eigenvalue weighted by Crippen LogP contribution is -2.46. The summed E-state index contributed by atoms with van der Waals surface area (Å²) in [6, 6.07) is 20.5. The van der Waals surface area contributed by atoms with E-state index in [4.69, 9.17) is 4.74 Å². The molecule has 2 fully saturated rings. The highest BCUT2D eigenvalue weighted by atomic mass is 16.5. The van der Waals surface area contributed by atoms with Crippen molar-refractivity contribution in [3.05, 3.63) is 71.8 Å². The molecular weight excluding hydrogens is 372 g/mol. The molecule has 0 spiro atoms. The van der Waals surface area contributed by atoms with E-state index >= 15 is 0 Å². The van der Waals surface area contributed by atoms with Crippen LogP contribution in [0.1, 0.15) is 55.8 Å². The Balaban J connectivity index is 1.25. The SMILES string of the molecule is O=C(COC(c1ccccc1)c1ccccc1)NC1CCN(CC2CCCC2)CC1. The van der Waals surface area contributed by atoms with Crippen LogP contribution in [0.15, 0.2) is 60.7 Å². The average molecular weight is 407 g/mol. The summed E-state index contributed by atoms with van der Waals surface area (Å²) < 4.78 is 6.10. The molecule has 0 radical (unpaired) electrons. The van der Waals surface area contributed by atoms with Gasteiger partial charge in [0.25, 0.3) is 0 Å². The van der Waals surface area contributed by atoms with Crippen molar-refractivity contribution in [1.29, 1.82) is 0 Å². The maximum absolute atomic E-state index is 12.6. The summed E-state index contributed by atoms with van der Waals surface area (Å²) in [5.41, 5.74) is 2.13. The van der Waals surface area contributed by atoms with Gasteiger partial charge in [0.2, 0.25) is 5.91 Å². The fourth-order valence-corrected chi connectivity index (χ4v) is 4.89. The van der Waals surface area contributed by atoms with E-state index < -0.39 is 0 Å². The second-order valence-electron chi connectivity index (χ2n) is 8.81. The topological polar surface area (TPSA) is 41.6 Å². The average Bonchev–Trinajstić information content (AvgIpc) is 3.30. The summed E-state index contributed by atoms with van der Waals surface area (Å²) in [6.45, 7) is 3.52. The van der Waals surface area contributed by atoms with Crippen LogP contribution in [0.25, 0.3) is 0 Å². The van der Waals surface area contributed by atoms with Gasteiger partial charge in [-0.3, -0.25) is 4.79 Å². The number of piperidine rings is 1. The van der Waals surface area contributed by atoms with Crippen LogP contribution in [-0.4, -0.2) is 43.1 Å². The second kappa shape index (κ2) is 10.7. The van der Waals surface area contributed by atoms with Crippen molar-refractivity contribution in [1.82, 2.24) is 10.2 Å². The van der Waals surface area contributed by atoms with E-state index in [1.165, 1.54) is 32.2 Å². The van der Waals surface area contributed by atoms with Gasteiger partial charge in [-0.15, -0.1) is 0 Å². The number of ether oxygens (including phenoxy) is 1. The van der Waals surface area contributed by atoms with Gasteiger partial charge in [0.15, 0.2) is 0 Å². The van der Waals surface area contributed by atoms with Crippen molar-refractivity contribution >= 4 is 5.91 Å². The zero-order chi connectivity index (χ0) is 20.6. The molecule has 1 heterocycles. The number of nitrogens with zero attached hydrogens (tertiary/aromatic N) is 1. The molecule has 4 rings (SSSR count). The van der Waals surface area contributed by atoms with E-state index in [-0.39, 0.29) is 24.7 Å². The highest BCUT2D eigenvalue weighted by Crippen LogP contribution is 2.27. The third-order valence-corrected chi connectivity index (χ3v) is 6.53. The molecule has 1 saturated heterocycles. The number of hydrogen-bond acceptors (Lipinski definition) is 3. The van der Waals surface area contributed by atoms with E-state index in [9.17, 15) is 4.79 Å². The van der Waals surface area contributed by atoms with Gasteiger partial charge < -0.3 is 15.0 Å². The van der Waals surface area contributed by atoms with Crippen molar-refractivity contribution in [2.24, 2.45) is 5.92 Å². The van der Waals surface area contributed by atoms with Gasteiger partial charge in [0, 0.05) is 25.7 Å². The quantitative estimate of drug-likeness (QED) is 0.699. The fraction of sp³-hybridized carbons (Fsp3) is 0.500. The van der Waals surface area contributed by atoms with Gasteiger partial charge in [-0.05, 0) is 42.7 Å². The highest BCUT2D eigenvalue weighted by molar-refractivity contribution is 5.77. The number of likely N-dealkylation sites (tertiary alicyclic amines) is 1. The molecule has 0 unspecified atom stereocenters. The molecule has 160 valence electrons. The van der Waals surface area contributed by atoms with Crippen LogP contribution in [0.4, 0.5) is 0 Å². The molecule has 1 aliphatic carbocycles. The van der Waals surface area contributed by atoms with Gasteiger partial charge >= 0.3 is 0 Å². The van der Waals surface area contributed by atoms with Gasteiger partial charge in [0.1, 0.15) is 12.7 Å². The Hall–Kier alpha value is -2.17. The third-order valence-electron chi connectivity index (χ3n) is 6.53. The minimum atomic E-state index is -0.230. The number of rotatable bonds is 8. The minimum Gasteiger partial charge on any atom is -0.359 e. The number of carbonyl (C=O) groups is 1. The van der Waals surface area contributed by atoms with Crippen LogP contribution in [0.5, 0.6) is 0 Å². The highest BCUT2D eigenvalue weighted by Gasteiger charge is 2.24. The zero-order valence-corrected chi connectivity index (χ0v) is 17.8. The van der Waals surface area contributed by atoms with Crippen LogP contribution < -0.4 is 5.32 Å². The summed E-state index contributed by atoms with van der Waals surface area (Å²) in [5, 5.41) is 3.20. The Morgan fingerprint density at radius 1 is 0.900 bits per heavy atom. The normalized spacial score (nSPS) is 18.7. The largest absolute Gasteiger partial charge is 0.359 e. The first-order valence-corrected chi connectivity index (χ1v) is 11.5. The Morgan fingerprint density at radius 2 is 1.47 bits per heavy atom. The molecule has 1 saturated carbocycles. The van der Waals surface area contributed by atoms with Gasteiger partial charge in [-0.2, -0.15) is 0 Å². The number of nitrogens with one attached hydrogen (secondary N) is 1. The summed E-state index contributed by atoms with van der Waals surface area (Å²) >= 11 is 0. The van der Waals surface area contributed by atoms with Crippen LogP contribution in [0.3, 0.4) is 0 Å². The molecule has 0 atom stereocenters. The fourth-order valence-electron chi connectivity index (χ4n) is 4.89. The molecular formula is C26H34N2O2. The molecule has 1 amide bonds. The number of benzene rings is 2. The van der Waals surface area contributed by atoms with Crippen molar-refractivity contribution in [2.75, 3.05) is 26.2 Å². The monoisotopic (exact) mass is 406 g/mol. The van der Waals surface area contributed by atoms with E-state index in [0.717, 1.165) is 43.0 Å². The molecule has 1 aliphatic heterocycles. The first-order valence-electron chi connectivity index (χ1n) is 11.5. The molecule has 4 nitrogen and oxygen atoms in total. The first-order chi connectivity index (χ1) is 14.8. The molecule has 2 aliphatic rings. The van der Waals surface area contributed by atoms with Crippen LogP contribution in [0, 0.1) is 5.92 Å². The zero-order valence-electron chi connectivity index (χ0n) is 17.8. The smallest absolute Gasteiger partial charge is 0.246 e. The van der Waals surface area contributed by atoms with Gasteiger partial charge in [-0.1, -0.05) is 73.5 Å². The Bertz CT molecular complexity index is 727. The van der Waals surface area contributed by atoms with E-state index in [0.29, 0.717) is 0 Å². The molecule has 0 bridgehead atoms. The summed E-state index contributed by atoms with van der Waals surface area (Å²) in [4.78, 5) is 15.2. The Morgan fingerprint density at radius 3 is 2.03 bits per heavy atom. The molecule has 1 N–H and O–H groups in total. The lowest BCUT2D eigenvalue weighted by atomic mass is 10.0. The molecule has 4 heteroatoms. The number of amides is 1. The van der Waals surface area contributed by atoms with Crippen molar-refractivity contribution in [3.8, 4) is 0 Å². The Labute approximate surface area is 180 Å². The van der Waals surface area contributed by atoms with Crippen molar-refractivity contribution < 1.29 is 9.53 Å². The summed E-state index contributed by atoms with van der Waals surface area (Å²) in [7, 11) is 0. The molecule has 0 aromatic heterocycles. The molecule has 2 aromatic carbocycles. The van der Waals surface area contributed by atoms with E-state index in [1.807, 2.05) is 36.4 Å². The van der Waals surface area contributed by atoms with Crippen molar-refractivity contribution in [3.63, 3.8) is 0 Å². The second-order valence-corrected chi connectivity index (χ2v) is 8.81. The predicted octanol–water partition coefficient (Wildman–Crippen LogP) is 4.56. The maximum Gasteiger partial charge on any atom is 0.246 e. The first kappa shape index (κ1) is 21.1. The minimum absolute atomic E-state index is 0.0129. The lowest BCUT2D eigenvalue weighted by Gasteiger charge is -2.34. The van der Waals surface area contributed by atoms with E-state index in [2.05, 4.69) is 34.5 Å². The van der Waals surface area contributed by atoms with Crippen LogP contribution in [0.2, 0.25) is 0 Å². The summed E-state index contributed by atoms with van der Waals surface area (Å²) in [5.74, 6) is 0.888. The van der Waals surface area contributed by atoms with Crippen LogP contribution in [-0.2, 0) is 9.53 Å². The maximum atomic E-state index is 12.6. The molecule has 30 heavy (non-hydrogen) atoms. The predicted molar refractivity (Wildman–Crippen MR) is 120 cm³/mol. The summed E-state index contributed by atoms with van der Waals surface area (Å²) in [6.07, 6.45) is 7.47. The number of hydrogen-bond donors (Lipinski definition) is 1. The number of carbonyl (C=O) groups excluding carboxylic acids is 1.